The number of benzene rings is 2. The zero-order valence-electron chi connectivity index (χ0n) is 20.9. The van der Waals surface area contributed by atoms with E-state index in [1.165, 1.54) is 30.6 Å². The van der Waals surface area contributed by atoms with E-state index in [0.717, 1.165) is 27.5 Å². The van der Waals surface area contributed by atoms with E-state index in [4.69, 9.17) is 27.9 Å². The van der Waals surface area contributed by atoms with Gasteiger partial charge in [0.05, 0.1) is 5.69 Å². The molecule has 2 aromatic carbocycles. The van der Waals surface area contributed by atoms with Gasteiger partial charge in [0.25, 0.3) is 11.8 Å². The first kappa shape index (κ1) is 26.2. The van der Waals surface area contributed by atoms with Gasteiger partial charge in [-0.3, -0.25) is 19.9 Å². The summed E-state index contributed by atoms with van der Waals surface area (Å²) in [6.07, 6.45) is 4.43. The number of hydrogen-bond donors (Lipinski definition) is 1. The summed E-state index contributed by atoms with van der Waals surface area (Å²) in [6, 6.07) is 16.9. The summed E-state index contributed by atoms with van der Waals surface area (Å²) in [5, 5.41) is 3.34. The highest BCUT2D eigenvalue weighted by atomic mass is 35.5. The lowest BCUT2D eigenvalue weighted by Gasteiger charge is -2.26. The highest BCUT2D eigenvalue weighted by Crippen LogP contribution is 2.28. The summed E-state index contributed by atoms with van der Waals surface area (Å²) in [5.41, 5.74) is 4.26. The third-order valence-corrected chi connectivity index (χ3v) is 6.88. The fourth-order valence-corrected chi connectivity index (χ4v) is 4.83. The lowest BCUT2D eigenvalue weighted by atomic mass is 10.1. The number of carbonyl (C=O) groups is 3. The Bertz CT molecular complexity index is 1630. The van der Waals surface area contributed by atoms with Crippen molar-refractivity contribution in [1.82, 2.24) is 14.9 Å². The van der Waals surface area contributed by atoms with Crippen molar-refractivity contribution in [1.29, 1.82) is 0 Å². The van der Waals surface area contributed by atoms with Crippen LogP contribution >= 0.6 is 23.2 Å². The largest absolute Gasteiger partial charge is 0.489 e. The molecule has 2 aromatic heterocycles. The first-order valence-electron chi connectivity index (χ1n) is 11.9. The number of halogens is 2. The highest BCUT2D eigenvalue weighted by Gasteiger charge is 2.37. The molecule has 0 bridgehead atoms. The van der Waals surface area contributed by atoms with Crippen LogP contribution in [-0.4, -0.2) is 27.4 Å². The molecule has 1 aliphatic heterocycles. The molecule has 0 unspecified atom stereocenters. The molecule has 1 aliphatic rings. The van der Waals surface area contributed by atoms with Gasteiger partial charge in [-0.1, -0.05) is 29.3 Å². The first-order valence-corrected chi connectivity index (χ1v) is 12.7. The standard InChI is InChI=1S/C29H22Cl2N4O4/c1-17-13-20(14-25-27(36)33-29(38)35(28(25)37)23-9-11-32-12-10-23)18(2)34(17)22-5-7-24(8-6-22)39-16-19-3-4-21(30)15-26(19)31/h3-15H,16H2,1-2H3,(H,33,36,38)/b25-14+. The van der Waals surface area contributed by atoms with Crippen LogP contribution in [0.1, 0.15) is 22.5 Å². The molecule has 1 fully saturated rings. The number of nitrogens with one attached hydrogen (secondary N) is 1. The number of anilines is 1. The van der Waals surface area contributed by atoms with Crippen molar-refractivity contribution in [3.05, 3.63) is 111 Å². The average Bonchev–Trinajstić information content (AvgIpc) is 3.19. The normalized spacial score (nSPS) is 14.6. The maximum atomic E-state index is 13.2. The van der Waals surface area contributed by atoms with E-state index < -0.39 is 17.8 Å². The second-order valence-corrected chi connectivity index (χ2v) is 9.69. The Morgan fingerprint density at radius 3 is 2.33 bits per heavy atom. The van der Waals surface area contributed by atoms with Crippen LogP contribution in [0.3, 0.4) is 0 Å². The minimum atomic E-state index is -0.806. The summed E-state index contributed by atoms with van der Waals surface area (Å²) in [4.78, 5) is 43.0. The fourth-order valence-electron chi connectivity index (χ4n) is 4.36. The van der Waals surface area contributed by atoms with Gasteiger partial charge in [-0.2, -0.15) is 0 Å². The monoisotopic (exact) mass is 560 g/mol. The fraction of sp³-hybridized carbons (Fsp3) is 0.103. The van der Waals surface area contributed by atoms with Crippen LogP contribution in [0.5, 0.6) is 5.75 Å². The van der Waals surface area contributed by atoms with Crippen LogP contribution in [0.25, 0.3) is 11.8 Å². The number of barbiturate groups is 1. The van der Waals surface area contributed by atoms with E-state index in [2.05, 4.69) is 10.3 Å². The predicted molar refractivity (Wildman–Crippen MR) is 149 cm³/mol. The predicted octanol–water partition coefficient (Wildman–Crippen LogP) is 6.04. The molecule has 1 saturated heterocycles. The average molecular weight is 561 g/mol. The Labute approximate surface area is 234 Å². The zero-order chi connectivity index (χ0) is 27.7. The van der Waals surface area contributed by atoms with Crippen LogP contribution < -0.4 is 15.0 Å². The number of imide groups is 2. The second-order valence-electron chi connectivity index (χ2n) is 8.84. The Morgan fingerprint density at radius 2 is 1.64 bits per heavy atom. The first-order chi connectivity index (χ1) is 18.7. The van der Waals surface area contributed by atoms with Gasteiger partial charge in [-0.25, -0.2) is 9.69 Å². The number of aromatic nitrogens is 2. The second kappa shape index (κ2) is 10.8. The van der Waals surface area contributed by atoms with Crippen molar-refractivity contribution in [2.45, 2.75) is 20.5 Å². The van der Waals surface area contributed by atoms with Gasteiger partial charge >= 0.3 is 6.03 Å². The Morgan fingerprint density at radius 1 is 0.923 bits per heavy atom. The van der Waals surface area contributed by atoms with Crippen LogP contribution in [-0.2, 0) is 16.2 Å². The number of urea groups is 1. The van der Waals surface area contributed by atoms with Crippen molar-refractivity contribution >= 4 is 52.8 Å². The van der Waals surface area contributed by atoms with Crippen LogP contribution in [0, 0.1) is 13.8 Å². The molecule has 8 nitrogen and oxygen atoms in total. The van der Waals surface area contributed by atoms with Crippen molar-refractivity contribution in [3.63, 3.8) is 0 Å². The molecular formula is C29H22Cl2N4O4. The Hall–Kier alpha value is -4.40. The number of pyridine rings is 1. The van der Waals surface area contributed by atoms with E-state index in [1.807, 2.05) is 54.8 Å². The van der Waals surface area contributed by atoms with E-state index >= 15 is 0 Å². The molecule has 0 atom stereocenters. The minimum absolute atomic E-state index is 0.142. The zero-order valence-corrected chi connectivity index (χ0v) is 22.5. The Balaban J connectivity index is 1.39. The third-order valence-electron chi connectivity index (χ3n) is 6.30. The van der Waals surface area contributed by atoms with E-state index in [0.29, 0.717) is 33.7 Å². The Kier molecular flexibility index (Phi) is 7.24. The number of aryl methyl sites for hydroxylation is 1. The van der Waals surface area contributed by atoms with Gasteiger partial charge in [-0.15, -0.1) is 0 Å². The molecule has 0 saturated carbocycles. The molecule has 1 N–H and O–H groups in total. The maximum absolute atomic E-state index is 13.2. The number of carbonyl (C=O) groups excluding carboxylic acids is 3. The summed E-state index contributed by atoms with van der Waals surface area (Å²) >= 11 is 12.2. The van der Waals surface area contributed by atoms with Gasteiger partial charge in [0.1, 0.15) is 17.9 Å². The van der Waals surface area contributed by atoms with Gasteiger partial charge < -0.3 is 9.30 Å². The number of amides is 4. The topological polar surface area (TPSA) is 93.5 Å². The molecule has 5 rings (SSSR count). The molecule has 10 heteroatoms. The van der Waals surface area contributed by atoms with Gasteiger partial charge in [0, 0.05) is 45.1 Å². The summed E-state index contributed by atoms with van der Waals surface area (Å²) in [6.45, 7) is 4.12. The lowest BCUT2D eigenvalue weighted by molar-refractivity contribution is -0.122. The maximum Gasteiger partial charge on any atom is 0.335 e. The highest BCUT2D eigenvalue weighted by molar-refractivity contribution is 6.39. The van der Waals surface area contributed by atoms with Crippen LogP contribution in [0.15, 0.2) is 78.6 Å². The van der Waals surface area contributed by atoms with Crippen molar-refractivity contribution in [2.24, 2.45) is 0 Å². The van der Waals surface area contributed by atoms with E-state index in [-0.39, 0.29) is 5.57 Å². The molecule has 4 amide bonds. The van der Waals surface area contributed by atoms with E-state index in [9.17, 15) is 14.4 Å². The molecule has 39 heavy (non-hydrogen) atoms. The molecule has 4 aromatic rings. The van der Waals surface area contributed by atoms with Crippen molar-refractivity contribution < 1.29 is 19.1 Å². The molecule has 0 aliphatic carbocycles. The number of nitrogens with zero attached hydrogens (tertiary/aromatic N) is 3. The quantitative estimate of drug-likeness (QED) is 0.229. The number of hydrogen-bond acceptors (Lipinski definition) is 5. The lowest BCUT2D eigenvalue weighted by Crippen LogP contribution is -2.54. The molecule has 0 radical (unpaired) electrons. The summed E-state index contributed by atoms with van der Waals surface area (Å²) in [7, 11) is 0. The number of ether oxygens (including phenoxy) is 1. The van der Waals surface area contributed by atoms with Gasteiger partial charge in [0.15, 0.2) is 0 Å². The minimum Gasteiger partial charge on any atom is -0.489 e. The molecule has 196 valence electrons. The van der Waals surface area contributed by atoms with Crippen molar-refractivity contribution in [2.75, 3.05) is 4.90 Å². The van der Waals surface area contributed by atoms with Gasteiger partial charge in [0.2, 0.25) is 0 Å². The molecule has 0 spiro atoms. The molecular weight excluding hydrogens is 539 g/mol. The summed E-state index contributed by atoms with van der Waals surface area (Å²) in [5.74, 6) is -0.788. The smallest absolute Gasteiger partial charge is 0.335 e. The summed E-state index contributed by atoms with van der Waals surface area (Å²) < 4.78 is 7.89. The van der Waals surface area contributed by atoms with Crippen molar-refractivity contribution in [3.8, 4) is 11.4 Å². The number of rotatable bonds is 6. The third kappa shape index (κ3) is 5.30. The van der Waals surface area contributed by atoms with Gasteiger partial charge in [-0.05, 0) is 80.1 Å². The molecule has 3 heterocycles. The van der Waals surface area contributed by atoms with Crippen LogP contribution in [0.4, 0.5) is 10.5 Å². The SMILES string of the molecule is Cc1cc(/C=C2\C(=O)NC(=O)N(c3ccncc3)C2=O)c(C)n1-c1ccc(OCc2ccc(Cl)cc2Cl)cc1. The van der Waals surface area contributed by atoms with E-state index in [1.54, 1.807) is 12.1 Å². The van der Waals surface area contributed by atoms with Crippen LogP contribution in [0.2, 0.25) is 10.0 Å².